The van der Waals surface area contributed by atoms with E-state index in [0.29, 0.717) is 12.1 Å². The van der Waals surface area contributed by atoms with Crippen molar-refractivity contribution in [2.24, 2.45) is 5.41 Å². The molecule has 19 heavy (non-hydrogen) atoms. The van der Waals surface area contributed by atoms with Crippen molar-refractivity contribution in [3.8, 4) is 0 Å². The number of piperidine rings is 1. The molecular weight excluding hydrogens is 248 g/mol. The molecule has 1 aliphatic rings. The number of hydrogen-bond acceptors (Lipinski definition) is 2. The number of nitrogens with zero attached hydrogens (tertiary/aromatic N) is 1. The molecule has 0 amide bonds. The molecule has 1 heterocycles. The Labute approximate surface area is 113 Å². The molecule has 0 bridgehead atoms. The van der Waals surface area contributed by atoms with E-state index in [4.69, 9.17) is 0 Å². The first-order chi connectivity index (χ1) is 9.08. The number of benzene rings is 1. The summed E-state index contributed by atoms with van der Waals surface area (Å²) in [6.07, 6.45) is 2.79. The van der Waals surface area contributed by atoms with Crippen LogP contribution < -0.4 is 0 Å². The lowest BCUT2D eigenvalue weighted by Crippen LogP contribution is -2.41. The normalized spacial score (nSPS) is 19.6. The second kappa shape index (κ2) is 5.97. The third-order valence-corrected chi connectivity index (χ3v) is 4.40. The van der Waals surface area contributed by atoms with Gasteiger partial charge in [-0.2, -0.15) is 0 Å². The molecule has 1 fully saturated rings. The molecule has 1 aliphatic heterocycles. The minimum atomic E-state index is -0.397. The summed E-state index contributed by atoms with van der Waals surface area (Å²) in [6.45, 7) is 4.40. The fourth-order valence-electron chi connectivity index (χ4n) is 2.71. The SMILES string of the molecule is CCC1(CO)CCN(Cc2cc(F)ccc2F)CC1. The van der Waals surface area contributed by atoms with Gasteiger partial charge in [0, 0.05) is 18.7 Å². The summed E-state index contributed by atoms with van der Waals surface area (Å²) in [5.74, 6) is -0.748. The maximum Gasteiger partial charge on any atom is 0.127 e. The van der Waals surface area contributed by atoms with Crippen LogP contribution in [0.4, 0.5) is 8.78 Å². The second-order valence-electron chi connectivity index (χ2n) is 5.52. The molecule has 4 heteroatoms. The van der Waals surface area contributed by atoms with E-state index >= 15 is 0 Å². The van der Waals surface area contributed by atoms with Crippen molar-refractivity contribution in [1.29, 1.82) is 0 Å². The van der Waals surface area contributed by atoms with Gasteiger partial charge in [0.15, 0.2) is 0 Å². The number of halogens is 2. The zero-order valence-electron chi connectivity index (χ0n) is 11.3. The fraction of sp³-hybridized carbons (Fsp3) is 0.600. The van der Waals surface area contributed by atoms with Crippen molar-refractivity contribution in [2.45, 2.75) is 32.7 Å². The molecule has 0 radical (unpaired) electrons. The van der Waals surface area contributed by atoms with Gasteiger partial charge in [-0.15, -0.1) is 0 Å². The van der Waals surface area contributed by atoms with Crippen LogP contribution in [0.2, 0.25) is 0 Å². The lowest BCUT2D eigenvalue weighted by atomic mass is 9.77. The zero-order chi connectivity index (χ0) is 13.9. The van der Waals surface area contributed by atoms with E-state index in [1.54, 1.807) is 0 Å². The highest BCUT2D eigenvalue weighted by atomic mass is 19.1. The van der Waals surface area contributed by atoms with E-state index in [1.807, 2.05) is 0 Å². The van der Waals surface area contributed by atoms with Crippen molar-refractivity contribution >= 4 is 0 Å². The van der Waals surface area contributed by atoms with Crippen molar-refractivity contribution in [2.75, 3.05) is 19.7 Å². The number of aliphatic hydroxyl groups excluding tert-OH is 1. The monoisotopic (exact) mass is 269 g/mol. The molecule has 106 valence electrons. The van der Waals surface area contributed by atoms with Crippen molar-refractivity contribution in [3.05, 3.63) is 35.4 Å². The summed E-state index contributed by atoms with van der Waals surface area (Å²) in [7, 11) is 0. The molecule has 0 unspecified atom stereocenters. The molecule has 0 saturated carbocycles. The van der Waals surface area contributed by atoms with Crippen LogP contribution in [0.5, 0.6) is 0 Å². The van der Waals surface area contributed by atoms with Crippen LogP contribution in [0.1, 0.15) is 31.7 Å². The lowest BCUT2D eigenvalue weighted by Gasteiger charge is -2.40. The number of aliphatic hydroxyl groups is 1. The Morgan fingerprint density at radius 3 is 2.53 bits per heavy atom. The molecule has 1 N–H and O–H groups in total. The van der Waals surface area contributed by atoms with Crippen LogP contribution in [-0.4, -0.2) is 29.7 Å². The van der Waals surface area contributed by atoms with Crippen LogP contribution in [0.3, 0.4) is 0 Å². The van der Waals surface area contributed by atoms with Crippen molar-refractivity contribution in [3.63, 3.8) is 0 Å². The third-order valence-electron chi connectivity index (χ3n) is 4.40. The van der Waals surface area contributed by atoms with E-state index in [9.17, 15) is 13.9 Å². The lowest BCUT2D eigenvalue weighted by molar-refractivity contribution is 0.0379. The Kier molecular flexibility index (Phi) is 4.53. The van der Waals surface area contributed by atoms with Crippen LogP contribution in [0, 0.1) is 17.0 Å². The molecule has 0 aliphatic carbocycles. The van der Waals surface area contributed by atoms with Crippen LogP contribution >= 0.6 is 0 Å². The molecule has 2 rings (SSSR count). The molecule has 0 spiro atoms. The summed E-state index contributed by atoms with van der Waals surface area (Å²) in [6, 6.07) is 3.59. The predicted molar refractivity (Wildman–Crippen MR) is 70.7 cm³/mol. The topological polar surface area (TPSA) is 23.5 Å². The largest absolute Gasteiger partial charge is 0.396 e. The predicted octanol–water partition coefficient (Wildman–Crippen LogP) is 2.95. The van der Waals surface area contributed by atoms with Gasteiger partial charge in [-0.3, -0.25) is 4.90 Å². The molecule has 1 aromatic rings. The Bertz CT molecular complexity index is 422. The van der Waals surface area contributed by atoms with E-state index in [1.165, 1.54) is 12.1 Å². The molecular formula is C15H21F2NO. The van der Waals surface area contributed by atoms with Crippen LogP contribution in [0.15, 0.2) is 18.2 Å². The molecule has 2 nitrogen and oxygen atoms in total. The first kappa shape index (κ1) is 14.4. The number of rotatable bonds is 4. The van der Waals surface area contributed by atoms with Crippen LogP contribution in [0.25, 0.3) is 0 Å². The van der Waals surface area contributed by atoms with Gasteiger partial charge >= 0.3 is 0 Å². The van der Waals surface area contributed by atoms with E-state index in [2.05, 4.69) is 11.8 Å². The molecule has 1 aromatic carbocycles. The van der Waals surface area contributed by atoms with Gasteiger partial charge in [0.1, 0.15) is 11.6 Å². The first-order valence-electron chi connectivity index (χ1n) is 6.86. The smallest absolute Gasteiger partial charge is 0.127 e. The summed E-state index contributed by atoms with van der Waals surface area (Å²) in [5.41, 5.74) is 0.435. The quantitative estimate of drug-likeness (QED) is 0.908. The average molecular weight is 269 g/mol. The van der Waals surface area contributed by atoms with Gasteiger partial charge < -0.3 is 5.11 Å². The minimum absolute atomic E-state index is 0.0248. The Morgan fingerprint density at radius 1 is 1.26 bits per heavy atom. The standard InChI is InChI=1S/C15H21F2NO/c1-2-15(11-19)5-7-18(8-6-15)10-12-9-13(16)3-4-14(12)17/h3-4,9,19H,2,5-8,10-11H2,1H3. The third kappa shape index (κ3) is 3.31. The molecule has 0 atom stereocenters. The zero-order valence-corrected chi connectivity index (χ0v) is 11.3. The highest BCUT2D eigenvalue weighted by Gasteiger charge is 2.32. The van der Waals surface area contributed by atoms with Gasteiger partial charge in [-0.05, 0) is 56.0 Å². The highest BCUT2D eigenvalue weighted by Crippen LogP contribution is 2.34. The highest BCUT2D eigenvalue weighted by molar-refractivity contribution is 5.18. The first-order valence-corrected chi connectivity index (χ1v) is 6.86. The van der Waals surface area contributed by atoms with Gasteiger partial charge in [0.2, 0.25) is 0 Å². The Balaban J connectivity index is 1.97. The van der Waals surface area contributed by atoms with Gasteiger partial charge in [0.05, 0.1) is 0 Å². The van der Waals surface area contributed by atoms with E-state index < -0.39 is 5.82 Å². The summed E-state index contributed by atoms with van der Waals surface area (Å²) in [5, 5.41) is 9.47. The molecule has 0 aromatic heterocycles. The number of hydrogen-bond donors (Lipinski definition) is 1. The fourth-order valence-corrected chi connectivity index (χ4v) is 2.71. The van der Waals surface area contributed by atoms with E-state index in [-0.39, 0.29) is 17.8 Å². The number of likely N-dealkylation sites (tertiary alicyclic amines) is 1. The Hall–Kier alpha value is -1.00. The Morgan fingerprint density at radius 2 is 1.95 bits per heavy atom. The van der Waals surface area contributed by atoms with Gasteiger partial charge in [-0.25, -0.2) is 8.78 Å². The second-order valence-corrected chi connectivity index (χ2v) is 5.52. The summed E-state index contributed by atoms with van der Waals surface area (Å²) >= 11 is 0. The maximum atomic E-state index is 13.6. The maximum absolute atomic E-state index is 13.6. The minimum Gasteiger partial charge on any atom is -0.396 e. The molecule has 1 saturated heterocycles. The van der Waals surface area contributed by atoms with Crippen molar-refractivity contribution in [1.82, 2.24) is 4.90 Å². The summed E-state index contributed by atoms with van der Waals surface area (Å²) in [4.78, 5) is 2.13. The summed E-state index contributed by atoms with van der Waals surface area (Å²) < 4.78 is 26.7. The average Bonchev–Trinajstić information content (AvgIpc) is 2.44. The van der Waals surface area contributed by atoms with Crippen molar-refractivity contribution < 1.29 is 13.9 Å². The van der Waals surface area contributed by atoms with E-state index in [0.717, 1.165) is 38.4 Å². The van der Waals surface area contributed by atoms with Gasteiger partial charge in [-0.1, -0.05) is 6.92 Å². The van der Waals surface area contributed by atoms with Crippen LogP contribution in [-0.2, 0) is 6.54 Å². The van der Waals surface area contributed by atoms with Gasteiger partial charge in [0.25, 0.3) is 0 Å².